The number of halogens is 15. The van der Waals surface area contributed by atoms with E-state index < -0.39 is 155 Å². The topological polar surface area (TPSA) is 82.1 Å². The highest BCUT2D eigenvalue weighted by atomic mass is 127. The second kappa shape index (κ2) is 17.1. The third-order valence-corrected chi connectivity index (χ3v) is 9.20. The first kappa shape index (κ1) is 40.8. The van der Waals surface area contributed by atoms with E-state index in [0.717, 1.165) is 72.7 Å². The number of hydrogen-bond acceptors (Lipinski definition) is 7. The molecule has 0 spiro atoms. The van der Waals surface area contributed by atoms with Gasteiger partial charge in [-0.1, -0.05) is 0 Å². The van der Waals surface area contributed by atoms with Crippen molar-refractivity contribution in [2.24, 2.45) is 0 Å². The Kier molecular flexibility index (Phi) is 14.2. The quantitative estimate of drug-likeness (QED) is 0.0470. The summed E-state index contributed by atoms with van der Waals surface area (Å²) in [4.78, 5) is 38.2. The van der Waals surface area contributed by atoms with Crippen LogP contribution in [0, 0.1) is 80.5 Å². The molecule has 0 atom stereocenters. The van der Waals surface area contributed by atoms with Crippen molar-refractivity contribution in [3.05, 3.63) is 97.2 Å². The number of hydrogen-bond donors (Lipinski definition) is 0. The van der Waals surface area contributed by atoms with Crippen LogP contribution in [0.2, 0.25) is 0 Å². The van der Waals surface area contributed by atoms with Crippen molar-refractivity contribution in [3.8, 4) is 0 Å². The molecular formula is C27H12F12I3NO6. The summed E-state index contributed by atoms with van der Waals surface area (Å²) in [6.45, 7) is -3.83. The van der Waals surface area contributed by atoms with E-state index in [0.29, 0.717) is 0 Å². The van der Waals surface area contributed by atoms with Gasteiger partial charge in [0.2, 0.25) is 0 Å². The molecule has 0 aliphatic heterocycles. The molecule has 0 aliphatic carbocycles. The average molecular weight is 1060 g/mol. The molecule has 0 aromatic heterocycles. The molecule has 0 radical (unpaired) electrons. The van der Waals surface area contributed by atoms with Crippen LogP contribution in [0.25, 0.3) is 0 Å². The van der Waals surface area contributed by atoms with Gasteiger partial charge in [0, 0.05) is 19.6 Å². The van der Waals surface area contributed by atoms with Crippen LogP contribution in [0.3, 0.4) is 0 Å². The van der Waals surface area contributed by atoms with Crippen molar-refractivity contribution < 1.29 is 81.3 Å². The zero-order chi connectivity index (χ0) is 37.1. The smallest absolute Gasteiger partial charge is 0.342 e. The van der Waals surface area contributed by atoms with Crippen molar-refractivity contribution >= 4 is 85.7 Å². The van der Waals surface area contributed by atoms with E-state index in [-0.39, 0.29) is 0 Å². The molecule has 0 N–H and O–H groups in total. The van der Waals surface area contributed by atoms with E-state index in [1.54, 1.807) is 0 Å². The van der Waals surface area contributed by atoms with Crippen LogP contribution in [-0.4, -0.2) is 62.3 Å². The fourth-order valence-corrected chi connectivity index (χ4v) is 5.79. The van der Waals surface area contributed by atoms with E-state index in [2.05, 4.69) is 0 Å². The van der Waals surface area contributed by atoms with Gasteiger partial charge in [0.15, 0.2) is 69.8 Å². The normalized spacial score (nSPS) is 11.3. The molecule has 0 aliphatic rings. The lowest BCUT2D eigenvalue weighted by Gasteiger charge is -2.22. The third-order valence-electron chi connectivity index (χ3n) is 6.16. The maximum absolute atomic E-state index is 14.2. The first-order chi connectivity index (χ1) is 22.8. The highest BCUT2D eigenvalue weighted by molar-refractivity contribution is 14.1. The summed E-state index contributed by atoms with van der Waals surface area (Å²) >= 11 is 3.04. The average Bonchev–Trinajstić information content (AvgIpc) is 3.06. The van der Waals surface area contributed by atoms with Crippen molar-refractivity contribution in [2.75, 3.05) is 39.5 Å². The Morgan fingerprint density at radius 3 is 0.816 bits per heavy atom. The second-order valence-electron chi connectivity index (χ2n) is 9.08. The summed E-state index contributed by atoms with van der Waals surface area (Å²) in [5, 5.41) is 0. The van der Waals surface area contributed by atoms with Gasteiger partial charge in [-0.25, -0.2) is 67.1 Å². The molecule has 0 saturated carbocycles. The Labute approximate surface area is 306 Å². The van der Waals surface area contributed by atoms with Crippen LogP contribution < -0.4 is 0 Å². The fraction of sp³-hybridized carbons (Fsp3) is 0.222. The van der Waals surface area contributed by atoms with E-state index in [9.17, 15) is 67.1 Å². The van der Waals surface area contributed by atoms with Gasteiger partial charge in [-0.05, 0) is 67.8 Å². The minimum Gasteiger partial charge on any atom is -0.461 e. The Hall–Kier alpha value is -2.62. The first-order valence-electron chi connectivity index (χ1n) is 12.6. The lowest BCUT2D eigenvalue weighted by atomic mass is 10.2. The third kappa shape index (κ3) is 8.65. The van der Waals surface area contributed by atoms with Crippen molar-refractivity contribution in [2.45, 2.75) is 0 Å². The van der Waals surface area contributed by atoms with E-state index >= 15 is 0 Å². The standard InChI is InChI=1S/C27H12F12I3NO6/c28-10-7(22(40)19(37)16(34)13(10)31)25(44)47-4-1-43(2-5-48-26(45)8-11(29)14(32)17(35)20(38)23(8)41)3-6-49-27(46)9-12(30)15(33)18(36)21(39)24(9)42/h1-6H2. The number of benzene rings is 3. The van der Waals surface area contributed by atoms with Gasteiger partial charge in [0.05, 0.1) is 10.7 Å². The fourth-order valence-electron chi connectivity index (χ4n) is 3.71. The molecule has 7 nitrogen and oxygen atoms in total. The van der Waals surface area contributed by atoms with Gasteiger partial charge < -0.3 is 14.2 Å². The van der Waals surface area contributed by atoms with Crippen LogP contribution in [0.4, 0.5) is 52.7 Å². The molecule has 0 bridgehead atoms. The maximum atomic E-state index is 14.2. The van der Waals surface area contributed by atoms with Gasteiger partial charge in [-0.3, -0.25) is 4.90 Å². The monoisotopic (exact) mass is 1050 g/mol. The molecule has 0 heterocycles. The molecular weight excluding hydrogens is 1040 g/mol. The Morgan fingerprint density at radius 2 is 0.592 bits per heavy atom. The van der Waals surface area contributed by atoms with E-state index in [4.69, 9.17) is 14.2 Å². The minimum absolute atomic E-state index is 0.497. The number of esters is 3. The predicted octanol–water partition coefficient (Wildman–Crippen LogP) is 7.34. The van der Waals surface area contributed by atoms with E-state index in [1.165, 1.54) is 0 Å². The molecule has 49 heavy (non-hydrogen) atoms. The molecule has 0 unspecified atom stereocenters. The molecule has 0 saturated heterocycles. The summed E-state index contributed by atoms with van der Waals surface area (Å²) in [6, 6.07) is 0. The van der Waals surface area contributed by atoms with Gasteiger partial charge in [-0.2, -0.15) is 0 Å². The number of ether oxygens (including phenoxy) is 3. The Morgan fingerprint density at radius 1 is 0.388 bits per heavy atom. The van der Waals surface area contributed by atoms with Crippen LogP contribution in [0.5, 0.6) is 0 Å². The summed E-state index contributed by atoms with van der Waals surface area (Å²) < 4.78 is 177. The SMILES string of the molecule is O=C(OCCN(CCOC(=O)c1c(F)c(F)c(F)c(F)c1I)CCOC(=O)c1c(F)c(F)c(F)c(F)c1I)c1c(F)c(F)c(F)c(F)c1I. The second-order valence-corrected chi connectivity index (χ2v) is 12.3. The van der Waals surface area contributed by atoms with Crippen LogP contribution >= 0.6 is 67.8 Å². The summed E-state index contributed by atoms with van der Waals surface area (Å²) in [7, 11) is 0. The van der Waals surface area contributed by atoms with Gasteiger partial charge in [-0.15, -0.1) is 0 Å². The molecule has 22 heteroatoms. The zero-order valence-corrected chi connectivity index (χ0v) is 29.8. The van der Waals surface area contributed by atoms with Gasteiger partial charge in [0.1, 0.15) is 36.5 Å². The predicted molar refractivity (Wildman–Crippen MR) is 164 cm³/mol. The number of carbonyl (C=O) groups is 3. The maximum Gasteiger partial charge on any atom is 0.342 e. The molecule has 0 fully saturated rings. The molecule has 266 valence electrons. The first-order valence-corrected chi connectivity index (χ1v) is 15.9. The zero-order valence-electron chi connectivity index (χ0n) is 23.3. The Balaban J connectivity index is 1.75. The largest absolute Gasteiger partial charge is 0.461 e. The number of carbonyl (C=O) groups excluding carboxylic acids is 3. The highest BCUT2D eigenvalue weighted by Gasteiger charge is 2.32. The lowest BCUT2D eigenvalue weighted by molar-refractivity contribution is 0.0323. The molecule has 3 aromatic rings. The summed E-state index contributed by atoms with van der Waals surface area (Å²) in [5.41, 5.74) is -3.92. The number of rotatable bonds is 12. The Bertz CT molecular complexity index is 1550. The van der Waals surface area contributed by atoms with Crippen LogP contribution in [0.15, 0.2) is 0 Å². The summed E-state index contributed by atoms with van der Waals surface area (Å²) in [6.07, 6.45) is 0. The van der Waals surface area contributed by atoms with Crippen molar-refractivity contribution in [1.29, 1.82) is 0 Å². The van der Waals surface area contributed by atoms with E-state index in [1.807, 2.05) is 0 Å². The molecule has 0 amide bonds. The van der Waals surface area contributed by atoms with Crippen LogP contribution in [0.1, 0.15) is 31.1 Å². The molecule has 3 rings (SSSR count). The summed E-state index contributed by atoms with van der Waals surface area (Å²) in [5.74, 6) is -30.4. The minimum atomic E-state index is -2.31. The molecule has 3 aromatic carbocycles. The highest BCUT2D eigenvalue weighted by Crippen LogP contribution is 2.28. The van der Waals surface area contributed by atoms with Gasteiger partial charge >= 0.3 is 17.9 Å². The van der Waals surface area contributed by atoms with Crippen LogP contribution in [-0.2, 0) is 14.2 Å². The van der Waals surface area contributed by atoms with Crippen molar-refractivity contribution in [3.63, 3.8) is 0 Å². The van der Waals surface area contributed by atoms with Gasteiger partial charge in [0.25, 0.3) is 0 Å². The lowest BCUT2D eigenvalue weighted by Crippen LogP contribution is -2.35. The van der Waals surface area contributed by atoms with Crippen molar-refractivity contribution in [1.82, 2.24) is 4.90 Å². The number of nitrogens with zero attached hydrogens (tertiary/aromatic N) is 1.